The molecule has 0 aliphatic heterocycles. The number of halogens is 2. The monoisotopic (exact) mass is 557 g/mol. The standard InChI is InChI=1S/C29H37Cl2N5O2/c1-18(38-28(2,3)4)33-23-16-25-24(15-21(23)31)35-27(36(25)6)34-22-14-19(10-11-20(22)30)17-32-26(37)29(5)12-8-7-9-13-29/h10-11,14-16,33H,1,7-9,12-13,17H2,2-6H3,(H,32,37)(H,34,35). The van der Waals surface area contributed by atoms with Gasteiger partial charge in [-0.05, 0) is 70.0 Å². The first kappa shape index (κ1) is 28.1. The smallest absolute Gasteiger partial charge is 0.226 e. The number of rotatable bonds is 8. The third-order valence-corrected chi connectivity index (χ3v) is 7.55. The van der Waals surface area contributed by atoms with Crippen LogP contribution in [0.25, 0.3) is 11.0 Å². The van der Waals surface area contributed by atoms with Gasteiger partial charge in [-0.25, -0.2) is 4.98 Å². The first-order valence-electron chi connectivity index (χ1n) is 13.0. The fraction of sp³-hybridized carbons (Fsp3) is 0.448. The molecular weight excluding hydrogens is 521 g/mol. The zero-order valence-corrected chi connectivity index (χ0v) is 24.3. The topological polar surface area (TPSA) is 80.2 Å². The highest BCUT2D eigenvalue weighted by atomic mass is 35.5. The summed E-state index contributed by atoms with van der Waals surface area (Å²) in [6, 6.07) is 9.41. The Balaban J connectivity index is 1.50. The van der Waals surface area contributed by atoms with Gasteiger partial charge in [0.05, 0.1) is 32.5 Å². The summed E-state index contributed by atoms with van der Waals surface area (Å²) in [5.74, 6) is 1.14. The highest BCUT2D eigenvalue weighted by molar-refractivity contribution is 6.34. The van der Waals surface area contributed by atoms with Crippen LogP contribution >= 0.6 is 23.2 Å². The zero-order valence-electron chi connectivity index (χ0n) is 22.8. The minimum atomic E-state index is -0.380. The summed E-state index contributed by atoms with van der Waals surface area (Å²) in [6.45, 7) is 12.3. The van der Waals surface area contributed by atoms with Crippen molar-refractivity contribution in [2.45, 2.75) is 71.9 Å². The Labute approximate surface area is 234 Å². The van der Waals surface area contributed by atoms with E-state index >= 15 is 0 Å². The van der Waals surface area contributed by atoms with Gasteiger partial charge in [0.15, 0.2) is 5.88 Å². The maximum atomic E-state index is 12.9. The summed E-state index contributed by atoms with van der Waals surface area (Å²) in [5, 5.41) is 10.7. The fourth-order valence-electron chi connectivity index (χ4n) is 4.82. The molecule has 1 aromatic heterocycles. The molecule has 1 aliphatic carbocycles. The molecule has 3 N–H and O–H groups in total. The van der Waals surface area contributed by atoms with Crippen molar-refractivity contribution >= 4 is 57.5 Å². The number of anilines is 3. The highest BCUT2D eigenvalue weighted by Crippen LogP contribution is 2.36. The summed E-state index contributed by atoms with van der Waals surface area (Å²) < 4.78 is 7.71. The van der Waals surface area contributed by atoms with Crippen molar-refractivity contribution in [1.82, 2.24) is 14.9 Å². The van der Waals surface area contributed by atoms with Crippen LogP contribution in [-0.4, -0.2) is 21.1 Å². The summed E-state index contributed by atoms with van der Waals surface area (Å²) >= 11 is 13.1. The van der Waals surface area contributed by atoms with Crippen LogP contribution in [-0.2, 0) is 23.1 Å². The average molecular weight is 559 g/mol. The Morgan fingerprint density at radius 1 is 1.11 bits per heavy atom. The number of aromatic nitrogens is 2. The fourth-order valence-corrected chi connectivity index (χ4v) is 5.19. The number of imidazole rings is 1. The molecule has 1 aliphatic rings. The van der Waals surface area contributed by atoms with Crippen LogP contribution in [0.1, 0.15) is 65.4 Å². The van der Waals surface area contributed by atoms with Gasteiger partial charge in [-0.2, -0.15) is 0 Å². The number of benzene rings is 2. The van der Waals surface area contributed by atoms with Gasteiger partial charge in [0.25, 0.3) is 0 Å². The van der Waals surface area contributed by atoms with Crippen LogP contribution in [0.2, 0.25) is 10.0 Å². The molecule has 0 radical (unpaired) electrons. The van der Waals surface area contributed by atoms with Crippen LogP contribution in [0.3, 0.4) is 0 Å². The predicted octanol–water partition coefficient (Wildman–Crippen LogP) is 7.91. The highest BCUT2D eigenvalue weighted by Gasteiger charge is 2.34. The molecule has 1 heterocycles. The minimum Gasteiger partial charge on any atom is -0.474 e. The lowest BCUT2D eigenvalue weighted by molar-refractivity contribution is -0.132. The van der Waals surface area contributed by atoms with Crippen molar-refractivity contribution < 1.29 is 9.53 Å². The van der Waals surface area contributed by atoms with Crippen LogP contribution in [0, 0.1) is 5.41 Å². The molecular formula is C29H37Cl2N5O2. The van der Waals surface area contributed by atoms with Crippen molar-refractivity contribution in [3.05, 3.63) is 58.4 Å². The van der Waals surface area contributed by atoms with Crippen molar-refractivity contribution in [3.8, 4) is 0 Å². The van der Waals surface area contributed by atoms with Crippen LogP contribution in [0.15, 0.2) is 42.8 Å². The van der Waals surface area contributed by atoms with E-state index in [2.05, 4.69) is 29.5 Å². The maximum Gasteiger partial charge on any atom is 0.226 e. The Kier molecular flexibility index (Phi) is 8.19. The molecule has 0 saturated heterocycles. The zero-order chi connectivity index (χ0) is 27.7. The Morgan fingerprint density at radius 3 is 2.50 bits per heavy atom. The second-order valence-corrected chi connectivity index (χ2v) is 12.1. The van der Waals surface area contributed by atoms with Gasteiger partial charge >= 0.3 is 0 Å². The van der Waals surface area contributed by atoms with Gasteiger partial charge in [-0.1, -0.05) is 55.5 Å². The molecule has 1 saturated carbocycles. The summed E-state index contributed by atoms with van der Waals surface area (Å²) in [7, 11) is 1.92. The quantitative estimate of drug-likeness (QED) is 0.245. The van der Waals surface area contributed by atoms with Gasteiger partial charge in [0.1, 0.15) is 5.60 Å². The van der Waals surface area contributed by atoms with Crippen molar-refractivity contribution in [3.63, 3.8) is 0 Å². The maximum absolute atomic E-state index is 12.9. The normalized spacial score (nSPS) is 15.2. The third-order valence-electron chi connectivity index (χ3n) is 6.91. The number of carbonyl (C=O) groups is 1. The van der Waals surface area contributed by atoms with Gasteiger partial charge in [0.2, 0.25) is 11.9 Å². The number of amides is 1. The predicted molar refractivity (Wildman–Crippen MR) is 157 cm³/mol. The Bertz CT molecular complexity index is 1350. The molecule has 2 aromatic carbocycles. The first-order valence-corrected chi connectivity index (χ1v) is 13.7. The van der Waals surface area contributed by atoms with E-state index in [4.69, 9.17) is 32.9 Å². The molecule has 1 fully saturated rings. The number of carbonyl (C=O) groups excluding carboxylic acids is 1. The minimum absolute atomic E-state index is 0.119. The lowest BCUT2D eigenvalue weighted by Crippen LogP contribution is -2.39. The van der Waals surface area contributed by atoms with Crippen LogP contribution in [0.4, 0.5) is 17.3 Å². The molecule has 3 aromatic rings. The van der Waals surface area contributed by atoms with Gasteiger partial charge in [-0.3, -0.25) is 4.79 Å². The first-order chi connectivity index (χ1) is 17.8. The van der Waals surface area contributed by atoms with Gasteiger partial charge < -0.3 is 25.3 Å². The van der Waals surface area contributed by atoms with Crippen molar-refractivity contribution in [1.29, 1.82) is 0 Å². The van der Waals surface area contributed by atoms with E-state index < -0.39 is 0 Å². The molecule has 0 bridgehead atoms. The number of nitrogens with zero attached hydrogens (tertiary/aromatic N) is 2. The largest absolute Gasteiger partial charge is 0.474 e. The van der Waals surface area contributed by atoms with Crippen LogP contribution in [0.5, 0.6) is 0 Å². The van der Waals surface area contributed by atoms with Gasteiger partial charge in [-0.15, -0.1) is 0 Å². The molecule has 0 atom stereocenters. The molecule has 7 nitrogen and oxygen atoms in total. The van der Waals surface area contributed by atoms with Crippen molar-refractivity contribution in [2.24, 2.45) is 12.5 Å². The number of hydrogen-bond acceptors (Lipinski definition) is 5. The molecule has 0 unspecified atom stereocenters. The summed E-state index contributed by atoms with van der Waals surface area (Å²) in [4.78, 5) is 17.6. The SMILES string of the molecule is C=C(Nc1cc2c(cc1Cl)nc(Nc1cc(CNC(=O)C3(C)CCCCC3)ccc1Cl)n2C)OC(C)(C)C. The van der Waals surface area contributed by atoms with Gasteiger partial charge in [0, 0.05) is 19.0 Å². The number of ether oxygens (including phenoxy) is 1. The molecule has 38 heavy (non-hydrogen) atoms. The summed E-state index contributed by atoms with van der Waals surface area (Å²) in [6.07, 6.45) is 5.32. The van der Waals surface area contributed by atoms with E-state index in [0.717, 1.165) is 42.3 Å². The van der Waals surface area contributed by atoms with Crippen molar-refractivity contribution in [2.75, 3.05) is 10.6 Å². The Hall–Kier alpha value is -2.90. The molecule has 0 spiro atoms. The van der Waals surface area contributed by atoms with E-state index in [1.165, 1.54) is 6.42 Å². The molecule has 4 rings (SSSR count). The molecule has 1 amide bonds. The average Bonchev–Trinajstić information content (AvgIpc) is 3.12. The summed E-state index contributed by atoms with van der Waals surface area (Å²) in [5.41, 5.74) is 3.27. The van der Waals surface area contributed by atoms with E-state index in [-0.39, 0.29) is 16.9 Å². The number of nitrogens with one attached hydrogen (secondary N) is 3. The van der Waals surface area contributed by atoms with E-state index in [1.807, 2.05) is 56.7 Å². The van der Waals surface area contributed by atoms with E-state index in [0.29, 0.717) is 39.8 Å². The second-order valence-electron chi connectivity index (χ2n) is 11.3. The molecule has 9 heteroatoms. The lowest BCUT2D eigenvalue weighted by atomic mass is 9.75. The van der Waals surface area contributed by atoms with E-state index in [1.54, 1.807) is 6.07 Å². The Morgan fingerprint density at radius 2 is 1.82 bits per heavy atom. The molecule has 204 valence electrons. The number of hydrogen-bond donors (Lipinski definition) is 3. The lowest BCUT2D eigenvalue weighted by Gasteiger charge is -2.32. The third kappa shape index (κ3) is 6.56. The second kappa shape index (κ2) is 11.1. The number of fused-ring (bicyclic) bond motifs is 1. The van der Waals surface area contributed by atoms with Crippen LogP contribution < -0.4 is 16.0 Å². The number of aryl methyl sites for hydroxylation is 1. The van der Waals surface area contributed by atoms with E-state index in [9.17, 15) is 4.79 Å².